The Hall–Kier alpha value is 0.370. The molecule has 0 aliphatic rings. The summed E-state index contributed by atoms with van der Waals surface area (Å²) < 4.78 is 5.92. The average Bonchev–Trinajstić information content (AvgIpc) is 2.80. The minimum Gasteiger partial charge on any atom is -0.356 e. The molecule has 21 heavy (non-hydrogen) atoms. The molecule has 2 N–H and O–H groups in total. The number of hydrogen-bond donors (Lipinski definition) is 2. The molecule has 0 saturated heterocycles. The van der Waals surface area contributed by atoms with Crippen LogP contribution >= 0.6 is 63.7 Å². The van der Waals surface area contributed by atoms with Crippen molar-refractivity contribution in [3.63, 3.8) is 0 Å². The predicted molar refractivity (Wildman–Crippen MR) is 103 cm³/mol. The fourth-order valence-electron chi connectivity index (χ4n) is 2.01. The van der Waals surface area contributed by atoms with Gasteiger partial charge in [0.25, 0.3) is 0 Å². The first-order valence-corrected chi connectivity index (χ1v) is 9.65. The van der Waals surface area contributed by atoms with Crippen molar-refractivity contribution in [3.8, 4) is 0 Å². The van der Waals surface area contributed by atoms with Crippen LogP contribution in [0.4, 0.5) is 5.95 Å². The van der Waals surface area contributed by atoms with Gasteiger partial charge in [0.2, 0.25) is 5.95 Å². The summed E-state index contributed by atoms with van der Waals surface area (Å²) in [5.74, 6) is 0.861. The standard InChI is InChI=1S/C13H16Br4N4/c1-6(18-2)4-5-19-13-20-11-9(16)7(14)8(15)10(17)12(11)21(13)3/h6,18H,4-5H2,1-3H3,(H,19,20). The number of nitrogens with zero attached hydrogens (tertiary/aromatic N) is 2. The predicted octanol–water partition coefficient (Wildman–Crippen LogP) is 5.03. The van der Waals surface area contributed by atoms with E-state index in [9.17, 15) is 0 Å². The fraction of sp³-hybridized carbons (Fsp3) is 0.462. The highest BCUT2D eigenvalue weighted by Gasteiger charge is 2.19. The smallest absolute Gasteiger partial charge is 0.203 e. The molecule has 2 rings (SSSR count). The molecule has 0 fully saturated rings. The third kappa shape index (κ3) is 3.49. The molecule has 0 saturated carbocycles. The highest BCUT2D eigenvalue weighted by Crippen LogP contribution is 2.43. The summed E-state index contributed by atoms with van der Waals surface area (Å²) in [5, 5.41) is 6.63. The Bertz CT molecular complexity index is 668. The number of imidazole rings is 1. The third-order valence-corrected chi connectivity index (χ3v) is 8.17. The number of fused-ring (bicyclic) bond motifs is 1. The maximum absolute atomic E-state index is 4.70. The van der Waals surface area contributed by atoms with Crippen LogP contribution in [0.3, 0.4) is 0 Å². The van der Waals surface area contributed by atoms with Gasteiger partial charge in [0.1, 0.15) is 5.52 Å². The minimum atomic E-state index is 0.481. The van der Waals surface area contributed by atoms with Gasteiger partial charge in [-0.1, -0.05) is 0 Å². The van der Waals surface area contributed by atoms with E-state index in [1.54, 1.807) is 0 Å². The molecule has 1 heterocycles. The molecule has 1 aromatic carbocycles. The van der Waals surface area contributed by atoms with E-state index < -0.39 is 0 Å². The Balaban J connectivity index is 2.37. The molecule has 1 atom stereocenters. The van der Waals surface area contributed by atoms with Crippen molar-refractivity contribution < 1.29 is 0 Å². The lowest BCUT2D eigenvalue weighted by Crippen LogP contribution is -2.24. The van der Waals surface area contributed by atoms with E-state index in [0.29, 0.717) is 6.04 Å². The Morgan fingerprint density at radius 2 is 1.71 bits per heavy atom. The van der Waals surface area contributed by atoms with Gasteiger partial charge < -0.3 is 15.2 Å². The van der Waals surface area contributed by atoms with Gasteiger partial charge in [-0.25, -0.2) is 4.98 Å². The van der Waals surface area contributed by atoms with Crippen molar-refractivity contribution in [2.45, 2.75) is 19.4 Å². The molecule has 4 nitrogen and oxygen atoms in total. The zero-order valence-electron chi connectivity index (χ0n) is 11.9. The minimum absolute atomic E-state index is 0.481. The first-order chi connectivity index (χ1) is 9.88. The molecule has 0 amide bonds. The quantitative estimate of drug-likeness (QED) is 0.407. The van der Waals surface area contributed by atoms with E-state index in [0.717, 1.165) is 47.8 Å². The second-order valence-electron chi connectivity index (χ2n) is 4.85. The largest absolute Gasteiger partial charge is 0.356 e. The second-order valence-corrected chi connectivity index (χ2v) is 8.02. The monoisotopic (exact) mass is 544 g/mol. The second kappa shape index (κ2) is 7.29. The number of aromatic nitrogens is 2. The van der Waals surface area contributed by atoms with Crippen molar-refractivity contribution in [3.05, 3.63) is 17.9 Å². The van der Waals surface area contributed by atoms with E-state index in [-0.39, 0.29) is 0 Å². The van der Waals surface area contributed by atoms with Crippen LogP contribution in [-0.2, 0) is 7.05 Å². The summed E-state index contributed by atoms with van der Waals surface area (Å²) in [6.07, 6.45) is 1.04. The van der Waals surface area contributed by atoms with Gasteiger partial charge in [0.15, 0.2) is 0 Å². The van der Waals surface area contributed by atoms with Gasteiger partial charge in [-0.15, -0.1) is 0 Å². The fourth-order valence-corrected chi connectivity index (χ4v) is 4.44. The first kappa shape index (κ1) is 17.7. The van der Waals surface area contributed by atoms with Crippen molar-refractivity contribution in [2.24, 2.45) is 7.05 Å². The van der Waals surface area contributed by atoms with E-state index in [2.05, 4.69) is 85.8 Å². The van der Waals surface area contributed by atoms with Gasteiger partial charge in [-0.2, -0.15) is 0 Å². The van der Waals surface area contributed by atoms with Crippen LogP contribution in [0.2, 0.25) is 0 Å². The Kier molecular flexibility index (Phi) is 6.15. The number of benzene rings is 1. The SMILES string of the molecule is CNC(C)CCNc1nc2c(Br)c(Br)c(Br)c(Br)c2n1C. The van der Waals surface area contributed by atoms with Gasteiger partial charge in [-0.3, -0.25) is 0 Å². The number of aryl methyl sites for hydroxylation is 1. The van der Waals surface area contributed by atoms with Crippen LogP contribution in [-0.4, -0.2) is 29.2 Å². The highest BCUT2D eigenvalue weighted by molar-refractivity contribution is 9.15. The van der Waals surface area contributed by atoms with Gasteiger partial charge in [0, 0.05) is 28.6 Å². The zero-order chi connectivity index (χ0) is 15.7. The Labute approximate surface area is 158 Å². The molecule has 1 unspecified atom stereocenters. The number of hydrogen-bond acceptors (Lipinski definition) is 3. The first-order valence-electron chi connectivity index (χ1n) is 6.48. The Morgan fingerprint density at radius 3 is 2.33 bits per heavy atom. The van der Waals surface area contributed by atoms with Crippen molar-refractivity contribution in [1.82, 2.24) is 14.9 Å². The highest BCUT2D eigenvalue weighted by atomic mass is 79.9. The Morgan fingerprint density at radius 1 is 1.10 bits per heavy atom. The molecule has 1 aromatic heterocycles. The summed E-state index contributed by atoms with van der Waals surface area (Å²) >= 11 is 14.4. The van der Waals surface area contributed by atoms with Crippen LogP contribution < -0.4 is 10.6 Å². The third-order valence-electron chi connectivity index (χ3n) is 3.44. The van der Waals surface area contributed by atoms with Crippen LogP contribution in [0.15, 0.2) is 17.9 Å². The van der Waals surface area contributed by atoms with Crippen LogP contribution in [0.5, 0.6) is 0 Å². The number of halogens is 4. The molecular weight excluding hydrogens is 532 g/mol. The van der Waals surface area contributed by atoms with Gasteiger partial charge in [0.05, 0.1) is 14.5 Å². The summed E-state index contributed by atoms with van der Waals surface area (Å²) in [7, 11) is 3.99. The van der Waals surface area contributed by atoms with Crippen molar-refractivity contribution in [1.29, 1.82) is 0 Å². The van der Waals surface area contributed by atoms with Gasteiger partial charge in [-0.05, 0) is 84.1 Å². The normalized spacial score (nSPS) is 12.9. The molecule has 0 spiro atoms. The lowest BCUT2D eigenvalue weighted by molar-refractivity contribution is 0.579. The molecule has 0 radical (unpaired) electrons. The van der Waals surface area contributed by atoms with Gasteiger partial charge >= 0.3 is 0 Å². The van der Waals surface area contributed by atoms with Crippen LogP contribution in [0.1, 0.15) is 13.3 Å². The van der Waals surface area contributed by atoms with Crippen LogP contribution in [0.25, 0.3) is 11.0 Å². The van der Waals surface area contributed by atoms with E-state index in [1.165, 1.54) is 0 Å². The summed E-state index contributed by atoms with van der Waals surface area (Å²) in [4.78, 5) is 4.70. The maximum Gasteiger partial charge on any atom is 0.203 e. The maximum atomic E-state index is 4.70. The topological polar surface area (TPSA) is 41.9 Å². The molecule has 0 aliphatic carbocycles. The molecule has 0 aliphatic heterocycles. The van der Waals surface area contributed by atoms with Crippen molar-refractivity contribution >= 4 is 80.7 Å². The summed E-state index contributed by atoms with van der Waals surface area (Å²) in [6.45, 7) is 3.04. The van der Waals surface area contributed by atoms with E-state index >= 15 is 0 Å². The molecule has 2 aromatic rings. The average molecular weight is 548 g/mol. The lowest BCUT2D eigenvalue weighted by atomic mass is 10.2. The number of nitrogens with one attached hydrogen (secondary N) is 2. The molecule has 116 valence electrons. The van der Waals surface area contributed by atoms with E-state index in [4.69, 9.17) is 4.98 Å². The lowest BCUT2D eigenvalue weighted by Gasteiger charge is -2.11. The summed E-state index contributed by atoms with van der Waals surface area (Å²) in [5.41, 5.74) is 1.96. The molecule has 0 bridgehead atoms. The van der Waals surface area contributed by atoms with Crippen molar-refractivity contribution in [2.75, 3.05) is 18.9 Å². The zero-order valence-corrected chi connectivity index (χ0v) is 18.2. The summed E-state index contributed by atoms with van der Waals surface area (Å²) in [6, 6.07) is 0.481. The number of rotatable bonds is 5. The van der Waals surface area contributed by atoms with Crippen LogP contribution in [0, 0.1) is 0 Å². The molecular formula is C13H16Br4N4. The number of anilines is 1. The van der Waals surface area contributed by atoms with E-state index in [1.807, 2.05) is 14.1 Å². The molecule has 8 heteroatoms.